The van der Waals surface area contributed by atoms with Crippen molar-refractivity contribution in [3.05, 3.63) is 20.8 Å². The fourth-order valence-corrected chi connectivity index (χ4v) is 2.33. The molecule has 0 heterocycles. The van der Waals surface area contributed by atoms with Crippen LogP contribution in [-0.4, -0.2) is 37.3 Å². The highest BCUT2D eigenvalue weighted by molar-refractivity contribution is 7.79. The van der Waals surface area contributed by atoms with Crippen molar-refractivity contribution in [1.29, 1.82) is 0 Å². The van der Waals surface area contributed by atoms with Gasteiger partial charge in [-0.15, -0.1) is 0 Å². The fourth-order valence-electron chi connectivity index (χ4n) is 2.10. The standard InChI is InChI=1S/C14H24N2OS.CH4S/c1-3-8-16(9-4-2)10-6-5-7-15-12-11-13(18)14(12)17;1-2/h11,15H,3-10H2,1-2H3;2H,1H3. The van der Waals surface area contributed by atoms with E-state index in [9.17, 15) is 4.79 Å². The van der Waals surface area contributed by atoms with Crippen molar-refractivity contribution in [3.63, 3.8) is 0 Å². The summed E-state index contributed by atoms with van der Waals surface area (Å²) in [6.45, 7) is 8.86. The lowest BCUT2D eigenvalue weighted by molar-refractivity contribution is 0.270. The molecule has 0 saturated carbocycles. The van der Waals surface area contributed by atoms with Crippen LogP contribution in [-0.2, 0) is 0 Å². The molecule has 116 valence electrons. The number of hydrogen-bond donors (Lipinski definition) is 2. The fraction of sp³-hybridized carbons (Fsp3) is 0.733. The van der Waals surface area contributed by atoms with Gasteiger partial charge in [-0.05, 0) is 57.6 Å². The zero-order valence-corrected chi connectivity index (χ0v) is 14.7. The molecule has 1 aromatic rings. The molecule has 1 aromatic carbocycles. The van der Waals surface area contributed by atoms with Gasteiger partial charge in [-0.1, -0.05) is 26.1 Å². The van der Waals surface area contributed by atoms with Crippen LogP contribution in [0.4, 0.5) is 5.69 Å². The Morgan fingerprint density at radius 2 is 1.75 bits per heavy atom. The van der Waals surface area contributed by atoms with Gasteiger partial charge in [-0.3, -0.25) is 4.79 Å². The van der Waals surface area contributed by atoms with E-state index >= 15 is 0 Å². The average Bonchev–Trinajstić information content (AvgIpc) is 2.48. The molecule has 0 aliphatic rings. The van der Waals surface area contributed by atoms with E-state index in [0.29, 0.717) is 10.2 Å². The Kier molecular flexibility index (Phi) is 12.1. The molecule has 0 saturated heterocycles. The summed E-state index contributed by atoms with van der Waals surface area (Å²) in [5, 5.41) is 3.14. The highest BCUT2D eigenvalue weighted by Gasteiger charge is 2.05. The molecule has 20 heavy (non-hydrogen) atoms. The highest BCUT2D eigenvalue weighted by atomic mass is 32.1. The van der Waals surface area contributed by atoms with Crippen molar-refractivity contribution in [2.45, 2.75) is 39.5 Å². The zero-order valence-electron chi connectivity index (χ0n) is 12.9. The molecule has 0 aliphatic heterocycles. The molecule has 0 atom stereocenters. The van der Waals surface area contributed by atoms with Crippen LogP contribution >= 0.6 is 24.8 Å². The van der Waals surface area contributed by atoms with Crippen molar-refractivity contribution in [2.24, 2.45) is 0 Å². The lowest BCUT2D eigenvalue weighted by atomic mass is 10.2. The van der Waals surface area contributed by atoms with Gasteiger partial charge in [-0.25, -0.2) is 0 Å². The van der Waals surface area contributed by atoms with E-state index in [-0.39, 0.29) is 5.43 Å². The van der Waals surface area contributed by atoms with Gasteiger partial charge in [0.1, 0.15) is 0 Å². The van der Waals surface area contributed by atoms with Crippen LogP contribution < -0.4 is 10.7 Å². The minimum Gasteiger partial charge on any atom is -0.382 e. The molecule has 0 unspecified atom stereocenters. The minimum atomic E-state index is 0.00333. The maximum absolute atomic E-state index is 11.2. The van der Waals surface area contributed by atoms with Gasteiger partial charge in [0.15, 0.2) is 0 Å². The molecule has 0 amide bonds. The van der Waals surface area contributed by atoms with Crippen molar-refractivity contribution < 1.29 is 0 Å². The van der Waals surface area contributed by atoms with Crippen LogP contribution in [0.15, 0.2) is 10.9 Å². The summed E-state index contributed by atoms with van der Waals surface area (Å²) in [7, 11) is 0. The Morgan fingerprint density at radius 3 is 2.20 bits per heavy atom. The summed E-state index contributed by atoms with van der Waals surface area (Å²) in [4.78, 5) is 13.7. The molecule has 0 aromatic heterocycles. The zero-order chi connectivity index (χ0) is 15.4. The van der Waals surface area contributed by atoms with Gasteiger partial charge < -0.3 is 10.2 Å². The van der Waals surface area contributed by atoms with E-state index in [1.807, 2.05) is 0 Å². The summed E-state index contributed by atoms with van der Waals surface area (Å²) in [6, 6.07) is 1.75. The summed E-state index contributed by atoms with van der Waals surface area (Å²) in [5.41, 5.74) is 0.697. The number of hydrogen-bond acceptors (Lipinski definition) is 5. The van der Waals surface area contributed by atoms with Crippen LogP contribution in [0.3, 0.4) is 0 Å². The van der Waals surface area contributed by atoms with E-state index in [1.165, 1.54) is 32.4 Å². The second-order valence-corrected chi connectivity index (χ2v) is 5.17. The van der Waals surface area contributed by atoms with Gasteiger partial charge in [0.2, 0.25) is 5.43 Å². The first kappa shape index (κ1) is 19.6. The topological polar surface area (TPSA) is 32.3 Å². The summed E-state index contributed by atoms with van der Waals surface area (Å²) >= 11 is 8.33. The Morgan fingerprint density at radius 1 is 1.15 bits per heavy atom. The molecular formula is C15H28N2OS2. The molecule has 0 spiro atoms. The van der Waals surface area contributed by atoms with Gasteiger partial charge in [0.25, 0.3) is 0 Å². The SMILES string of the molecule is CCCN(CCC)CCCCNc1cc(=S)c1=O.CS. The maximum Gasteiger partial charge on any atom is 0.219 e. The number of unbranched alkanes of at least 4 members (excludes halogenated alkanes) is 1. The van der Waals surface area contributed by atoms with E-state index in [1.54, 1.807) is 12.3 Å². The highest BCUT2D eigenvalue weighted by Crippen LogP contribution is 2.05. The van der Waals surface area contributed by atoms with Crippen LogP contribution in [0.1, 0.15) is 39.5 Å². The van der Waals surface area contributed by atoms with Crippen molar-refractivity contribution >= 4 is 30.5 Å². The smallest absolute Gasteiger partial charge is 0.219 e. The predicted octanol–water partition coefficient (Wildman–Crippen LogP) is 3.51. The molecule has 0 radical (unpaired) electrons. The number of nitrogens with zero attached hydrogens (tertiary/aromatic N) is 1. The van der Waals surface area contributed by atoms with Crippen LogP contribution in [0, 0.1) is 4.51 Å². The number of nitrogens with one attached hydrogen (secondary N) is 1. The largest absolute Gasteiger partial charge is 0.382 e. The normalized spacial score (nSPS) is 10.4. The molecule has 3 nitrogen and oxygen atoms in total. The molecular weight excluding hydrogens is 288 g/mol. The van der Waals surface area contributed by atoms with E-state index in [4.69, 9.17) is 12.2 Å². The van der Waals surface area contributed by atoms with Crippen molar-refractivity contribution in [3.8, 4) is 0 Å². The first-order valence-electron chi connectivity index (χ1n) is 7.40. The monoisotopic (exact) mass is 316 g/mol. The Balaban J connectivity index is 0.00000172. The number of rotatable bonds is 10. The summed E-state index contributed by atoms with van der Waals surface area (Å²) in [6.07, 6.45) is 6.41. The first-order valence-corrected chi connectivity index (χ1v) is 8.70. The Labute approximate surface area is 133 Å². The van der Waals surface area contributed by atoms with Crippen molar-refractivity contribution in [1.82, 2.24) is 4.90 Å². The average molecular weight is 317 g/mol. The Bertz CT molecular complexity index is 408. The third-order valence-corrected chi connectivity index (χ3v) is 3.34. The van der Waals surface area contributed by atoms with Crippen molar-refractivity contribution in [2.75, 3.05) is 37.8 Å². The Hall–Kier alpha value is -0.390. The lowest BCUT2D eigenvalue weighted by Gasteiger charge is -2.20. The van der Waals surface area contributed by atoms with Gasteiger partial charge in [0, 0.05) is 6.54 Å². The van der Waals surface area contributed by atoms with Crippen LogP contribution in [0.2, 0.25) is 0 Å². The molecule has 5 heteroatoms. The molecule has 0 bridgehead atoms. The van der Waals surface area contributed by atoms with Crippen LogP contribution in [0.5, 0.6) is 0 Å². The van der Waals surface area contributed by atoms with Crippen LogP contribution in [0.25, 0.3) is 0 Å². The minimum absolute atomic E-state index is 0.00333. The maximum atomic E-state index is 11.2. The molecule has 1 rings (SSSR count). The molecule has 1 N–H and O–H groups in total. The van der Waals surface area contributed by atoms with E-state index in [2.05, 4.69) is 36.7 Å². The van der Waals surface area contributed by atoms with Gasteiger partial charge >= 0.3 is 0 Å². The number of anilines is 1. The van der Waals surface area contributed by atoms with Gasteiger partial charge in [0.05, 0.1) is 10.2 Å². The predicted molar refractivity (Wildman–Crippen MR) is 95.6 cm³/mol. The third-order valence-electron chi connectivity index (χ3n) is 3.04. The second kappa shape index (κ2) is 12.4. The van der Waals surface area contributed by atoms with Gasteiger partial charge in [-0.2, -0.15) is 12.6 Å². The number of thiol groups is 1. The lowest BCUT2D eigenvalue weighted by Crippen LogP contribution is -2.27. The third kappa shape index (κ3) is 7.41. The molecule has 0 fully saturated rings. The van der Waals surface area contributed by atoms with E-state index in [0.717, 1.165) is 19.5 Å². The van der Waals surface area contributed by atoms with E-state index < -0.39 is 0 Å². The quantitative estimate of drug-likeness (QED) is 0.393. The molecule has 0 aliphatic carbocycles. The first-order chi connectivity index (χ1) is 9.69. The second-order valence-electron chi connectivity index (χ2n) is 4.73. The summed E-state index contributed by atoms with van der Waals surface area (Å²) in [5.74, 6) is 0. The summed E-state index contributed by atoms with van der Waals surface area (Å²) < 4.78 is 0.453.